The molecule has 4 aliphatic heterocycles. The predicted molar refractivity (Wildman–Crippen MR) is 138 cm³/mol. The largest absolute Gasteiger partial charge is 0.502 e. The maximum atomic E-state index is 13.5. The van der Waals surface area contributed by atoms with Gasteiger partial charge in [-0.05, 0) is 47.9 Å². The van der Waals surface area contributed by atoms with Crippen LogP contribution in [-0.4, -0.2) is 92.4 Å². The first-order chi connectivity index (χ1) is 22.6. The predicted octanol–water partition coefficient (Wildman–Crippen LogP) is 1.34. The first kappa shape index (κ1) is 21.4. The lowest BCUT2D eigenvalue weighted by molar-refractivity contribution is -0.364. The molecule has 2 aromatic rings. The van der Waals surface area contributed by atoms with Crippen molar-refractivity contribution >= 4 is 5.97 Å². The number of carbonyl (C=O) groups is 1. The van der Waals surface area contributed by atoms with Crippen molar-refractivity contribution in [1.82, 2.24) is 0 Å². The van der Waals surface area contributed by atoms with E-state index in [1.807, 2.05) is 0 Å². The van der Waals surface area contributed by atoms with E-state index in [4.69, 9.17) is 50.9 Å². The van der Waals surface area contributed by atoms with Gasteiger partial charge in [-0.3, -0.25) is 4.79 Å². The van der Waals surface area contributed by atoms with Crippen molar-refractivity contribution in [2.45, 2.75) is 55.9 Å². The fourth-order valence-corrected chi connectivity index (χ4v) is 6.58. The molecule has 10 atom stereocenters. The highest BCUT2D eigenvalue weighted by atomic mass is 16.8. The molecule has 7 rings (SSSR count). The van der Waals surface area contributed by atoms with Gasteiger partial charge < -0.3 is 58.0 Å². The molecule has 5 aliphatic rings. The highest BCUT2D eigenvalue weighted by Gasteiger charge is 2.56. The summed E-state index contributed by atoms with van der Waals surface area (Å²) in [6.45, 7) is 1.47. The molecule has 3 saturated heterocycles. The minimum absolute atomic E-state index is 0.0628. The number of aromatic hydroxyl groups is 1. The molecule has 226 valence electrons. The van der Waals surface area contributed by atoms with Crippen LogP contribution in [0.3, 0.4) is 0 Å². The third-order valence-corrected chi connectivity index (χ3v) is 8.53. The van der Waals surface area contributed by atoms with Crippen molar-refractivity contribution < 1.29 is 71.0 Å². The molecule has 42 heavy (non-hydrogen) atoms. The molecule has 2 aromatic carbocycles. The second-order valence-electron chi connectivity index (χ2n) is 10.8. The van der Waals surface area contributed by atoms with E-state index in [1.54, 1.807) is 19.1 Å². The fourth-order valence-electron chi connectivity index (χ4n) is 6.58. The van der Waals surface area contributed by atoms with Crippen LogP contribution in [0, 0.1) is 11.8 Å². The smallest absolute Gasteiger partial charge is 0.310 e. The number of methoxy groups -OCH3 is 2. The van der Waals surface area contributed by atoms with Crippen LogP contribution in [0.15, 0.2) is 24.3 Å². The number of ether oxygens (including phenoxy) is 9. The minimum Gasteiger partial charge on any atom is -0.502 e. The molecule has 3 N–H and O–H groups in total. The number of phenols is 1. The Labute approximate surface area is 249 Å². The zero-order chi connectivity index (χ0) is 34.3. The maximum Gasteiger partial charge on any atom is 0.310 e. The highest BCUT2D eigenvalue weighted by molar-refractivity contribution is 5.79. The molecule has 3 fully saturated rings. The van der Waals surface area contributed by atoms with Crippen molar-refractivity contribution in [2.75, 3.05) is 34.1 Å². The number of aliphatic hydroxyl groups is 2. The van der Waals surface area contributed by atoms with Gasteiger partial charge >= 0.3 is 5.97 Å². The number of benzene rings is 2. The van der Waals surface area contributed by atoms with Crippen LogP contribution in [0.2, 0.25) is 0 Å². The first-order valence-electron chi connectivity index (χ1n) is 16.4. The molecule has 0 amide bonds. The van der Waals surface area contributed by atoms with Crippen molar-refractivity contribution in [3.63, 3.8) is 0 Å². The number of esters is 1. The van der Waals surface area contributed by atoms with E-state index in [1.165, 1.54) is 12.1 Å². The zero-order valence-corrected chi connectivity index (χ0v) is 22.1. The van der Waals surface area contributed by atoms with Gasteiger partial charge in [-0.25, -0.2) is 0 Å². The summed E-state index contributed by atoms with van der Waals surface area (Å²) in [5, 5.41) is 32.8. The number of cyclic esters (lactones) is 1. The Morgan fingerprint density at radius 1 is 0.929 bits per heavy atom. The van der Waals surface area contributed by atoms with Crippen molar-refractivity contribution in [3.8, 4) is 28.7 Å². The summed E-state index contributed by atoms with van der Waals surface area (Å²) >= 11 is 0. The van der Waals surface area contributed by atoms with Gasteiger partial charge in [0.05, 0.1) is 47.5 Å². The summed E-state index contributed by atoms with van der Waals surface area (Å²) in [5.41, 5.74) is 1.01. The second kappa shape index (κ2) is 10.4. The van der Waals surface area contributed by atoms with Gasteiger partial charge in [-0.15, -0.1) is 0 Å². The molecule has 0 bridgehead atoms. The van der Waals surface area contributed by atoms with E-state index in [-0.39, 0.29) is 25.6 Å². The fraction of sp³-hybridized carbons (Fsp3) is 0.552. The van der Waals surface area contributed by atoms with Crippen LogP contribution in [0.25, 0.3) is 0 Å². The lowest BCUT2D eigenvalue weighted by Gasteiger charge is -2.47. The van der Waals surface area contributed by atoms with Gasteiger partial charge in [0.2, 0.25) is 12.5 Å². The Kier molecular flexibility index (Phi) is 5.31. The molecule has 1 aliphatic carbocycles. The maximum absolute atomic E-state index is 13.5. The molecule has 13 heteroatoms. The summed E-state index contributed by atoms with van der Waals surface area (Å²) in [6, 6.07) is 5.61. The number of carbonyl (C=O) groups excluding carboxylic acids is 1. The van der Waals surface area contributed by atoms with Crippen molar-refractivity contribution in [2.24, 2.45) is 11.8 Å². The van der Waals surface area contributed by atoms with Crippen LogP contribution >= 0.6 is 0 Å². The molecule has 0 radical (unpaired) electrons. The normalized spacial score (nSPS) is 39.2. The van der Waals surface area contributed by atoms with E-state index in [0.717, 1.165) is 0 Å². The summed E-state index contributed by atoms with van der Waals surface area (Å²) in [6.07, 6.45) is -7.63. The monoisotopic (exact) mass is 594 g/mol. The van der Waals surface area contributed by atoms with Crippen molar-refractivity contribution in [1.29, 1.82) is 0 Å². The SMILES string of the molecule is [2H]C([2H])([2H])Oc1cc([C@@H]2c3cc4c(cc3[C@@H](O[C@@H]3O[C@@H]5CO[C@@H](C)O[C@H]5[C@H](O)[C@H]3O)[C@H]3COC(=O)[C@H]23)OCO4)cc(OC([2H])([2H])[2H])c1O. The molecule has 4 heterocycles. The summed E-state index contributed by atoms with van der Waals surface area (Å²) in [7, 11) is -6.09. The number of phenolic OH excluding ortho intramolecular Hbond substituents is 1. The minimum atomic E-state index is -3.05. The summed E-state index contributed by atoms with van der Waals surface area (Å²) in [4.78, 5) is 13.5. The van der Waals surface area contributed by atoms with Gasteiger partial charge in [0.25, 0.3) is 0 Å². The average molecular weight is 595 g/mol. The van der Waals surface area contributed by atoms with E-state index in [2.05, 4.69) is 0 Å². The Balaban J connectivity index is 1.34. The van der Waals surface area contributed by atoms with E-state index in [0.29, 0.717) is 22.6 Å². The quantitative estimate of drug-likeness (QED) is 0.426. The molecule has 0 saturated carbocycles. The average Bonchev–Trinajstić information content (AvgIpc) is 3.62. The van der Waals surface area contributed by atoms with E-state index >= 15 is 0 Å². The van der Waals surface area contributed by atoms with Gasteiger partial charge in [0.1, 0.15) is 24.4 Å². The Morgan fingerprint density at radius 2 is 1.64 bits per heavy atom. The number of fused-ring (bicyclic) bond motifs is 4. The Hall–Kier alpha value is -3.33. The van der Waals surface area contributed by atoms with Gasteiger partial charge in [0.15, 0.2) is 35.6 Å². The molecular weight excluding hydrogens is 556 g/mol. The van der Waals surface area contributed by atoms with Gasteiger partial charge in [0, 0.05) is 11.8 Å². The third kappa shape index (κ3) is 4.26. The van der Waals surface area contributed by atoms with Crippen LogP contribution in [0.4, 0.5) is 0 Å². The first-order valence-corrected chi connectivity index (χ1v) is 13.4. The standard InChI is InChI=1S/C29H32O13/c1-11-36-9-20-27(40-11)24(31)25(32)29(41-20)42-26-14-7-17-16(38-10-39-17)6-13(14)21(22-15(26)8-37-28(22)33)12-4-18(34-2)23(30)19(5-12)35-3/h4-7,11,15,20-22,24-27,29-32H,8-10H2,1-3H3/t11-,15+,20-,21-,22+,24-,25-,26-,27-,29+/m1/s1/i2D3,3D3. The summed E-state index contributed by atoms with van der Waals surface area (Å²) < 4.78 is 96.0. The van der Waals surface area contributed by atoms with Gasteiger partial charge in [-0.1, -0.05) is 0 Å². The molecule has 13 nitrogen and oxygen atoms in total. The topological polar surface area (TPSA) is 161 Å². The number of aliphatic hydroxyl groups excluding tert-OH is 2. The number of hydrogen-bond donors (Lipinski definition) is 3. The zero-order valence-electron chi connectivity index (χ0n) is 28.1. The molecule has 0 unspecified atom stereocenters. The molecule has 0 spiro atoms. The number of hydrogen-bond acceptors (Lipinski definition) is 13. The lowest BCUT2D eigenvalue weighted by Crippen LogP contribution is -2.63. The van der Waals surface area contributed by atoms with Crippen LogP contribution < -0.4 is 18.9 Å². The Bertz CT molecular complexity index is 1540. The summed E-state index contributed by atoms with van der Waals surface area (Å²) in [5.74, 6) is -4.83. The van der Waals surface area contributed by atoms with E-state index < -0.39 is 98.1 Å². The second-order valence-corrected chi connectivity index (χ2v) is 10.8. The third-order valence-electron chi connectivity index (χ3n) is 8.53. The van der Waals surface area contributed by atoms with Crippen LogP contribution in [-0.2, 0) is 28.5 Å². The van der Waals surface area contributed by atoms with Gasteiger partial charge in [-0.2, -0.15) is 0 Å². The molecular formula is C29H32O13. The van der Waals surface area contributed by atoms with Crippen LogP contribution in [0.5, 0.6) is 28.7 Å². The van der Waals surface area contributed by atoms with Crippen molar-refractivity contribution in [3.05, 3.63) is 41.0 Å². The highest BCUT2D eigenvalue weighted by Crippen LogP contribution is 2.57. The number of rotatable bonds is 5. The molecule has 0 aromatic heterocycles. The Morgan fingerprint density at radius 3 is 2.36 bits per heavy atom. The van der Waals surface area contributed by atoms with E-state index in [9.17, 15) is 20.1 Å². The van der Waals surface area contributed by atoms with Crippen LogP contribution in [0.1, 0.15) is 43.9 Å². The lowest BCUT2D eigenvalue weighted by atomic mass is 9.66.